The number of fused-ring (bicyclic) bond motifs is 1. The molecule has 1 aliphatic rings. The molecule has 2 N–H and O–H groups in total. The molecule has 1 aliphatic heterocycles. The van der Waals surface area contributed by atoms with E-state index in [4.69, 9.17) is 27.9 Å². The van der Waals surface area contributed by atoms with E-state index in [1.165, 1.54) is 0 Å². The summed E-state index contributed by atoms with van der Waals surface area (Å²) in [4.78, 5) is 27.3. The van der Waals surface area contributed by atoms with Crippen molar-refractivity contribution in [2.24, 2.45) is 0 Å². The zero-order valence-electron chi connectivity index (χ0n) is 15.3. The summed E-state index contributed by atoms with van der Waals surface area (Å²) in [6.45, 7) is 1.38. The third kappa shape index (κ3) is 4.37. The predicted molar refractivity (Wildman–Crippen MR) is 111 cm³/mol. The molecule has 3 aromatic rings. The molecule has 2 amide bonds. The molecule has 2 aromatic carbocycles. The van der Waals surface area contributed by atoms with E-state index in [-0.39, 0.29) is 17.9 Å². The number of nitrogens with zero attached hydrogens (tertiary/aromatic N) is 2. The lowest BCUT2D eigenvalue weighted by molar-refractivity contribution is 0.0735. The van der Waals surface area contributed by atoms with Crippen LogP contribution in [0.25, 0.3) is 10.9 Å². The highest BCUT2D eigenvalue weighted by atomic mass is 35.5. The Labute approximate surface area is 176 Å². The lowest BCUT2D eigenvalue weighted by Crippen LogP contribution is -2.46. The lowest BCUT2D eigenvalue weighted by atomic mass is 10.1. The number of benzene rings is 2. The number of hydrogen-bond acceptors (Lipinski definition) is 4. The van der Waals surface area contributed by atoms with Crippen molar-refractivity contribution in [1.29, 1.82) is 0 Å². The quantitative estimate of drug-likeness (QED) is 0.665. The largest absolute Gasteiger partial charge is 0.377 e. The average Bonchev–Trinajstić information content (AvgIpc) is 3.07. The van der Waals surface area contributed by atoms with Crippen LogP contribution in [-0.4, -0.2) is 59.3 Å². The summed E-state index contributed by atoms with van der Waals surface area (Å²) in [7, 11) is 0. The summed E-state index contributed by atoms with van der Waals surface area (Å²) in [5.41, 5.74) is 1.61. The summed E-state index contributed by atoms with van der Waals surface area (Å²) in [5, 5.41) is 11.4. The van der Waals surface area contributed by atoms with Gasteiger partial charge in [0.05, 0.1) is 41.6 Å². The van der Waals surface area contributed by atoms with Gasteiger partial charge in [-0.15, -0.1) is 0 Å². The number of aromatic nitrogens is 2. The normalized spacial score (nSPS) is 17.2. The van der Waals surface area contributed by atoms with E-state index in [0.717, 1.165) is 10.9 Å². The summed E-state index contributed by atoms with van der Waals surface area (Å²) in [6, 6.07) is 9.72. The Balaban J connectivity index is 1.48. The summed E-state index contributed by atoms with van der Waals surface area (Å²) in [5.74, 6) is -0.494. The van der Waals surface area contributed by atoms with Crippen molar-refractivity contribution in [2.45, 2.75) is 6.04 Å². The van der Waals surface area contributed by atoms with E-state index in [1.54, 1.807) is 41.4 Å². The SMILES string of the molecule is O=C(NC1COCCN(C(=O)c2cc(Cl)ccc2Cl)C1)c1ccc2cn[nH]c2c1. The van der Waals surface area contributed by atoms with E-state index >= 15 is 0 Å². The maximum atomic E-state index is 12.9. The van der Waals surface area contributed by atoms with Gasteiger partial charge >= 0.3 is 0 Å². The molecule has 7 nitrogen and oxygen atoms in total. The molecule has 0 aliphatic carbocycles. The van der Waals surface area contributed by atoms with Crippen LogP contribution in [0.4, 0.5) is 0 Å². The Bertz CT molecular complexity index is 1070. The highest BCUT2D eigenvalue weighted by molar-refractivity contribution is 6.35. The van der Waals surface area contributed by atoms with E-state index in [1.807, 2.05) is 6.07 Å². The molecule has 0 saturated carbocycles. The first-order valence-electron chi connectivity index (χ1n) is 9.07. The molecule has 1 aromatic heterocycles. The standard InChI is InChI=1S/C20H18Cl2N4O3/c21-14-3-4-17(22)16(8-14)20(28)26-5-6-29-11-15(10-26)24-19(27)12-1-2-13-9-23-25-18(13)7-12/h1-4,7-9,15H,5-6,10-11H2,(H,23,25)(H,24,27). The number of hydrogen-bond donors (Lipinski definition) is 2. The van der Waals surface area contributed by atoms with Crippen molar-refractivity contribution >= 4 is 45.9 Å². The van der Waals surface area contributed by atoms with Gasteiger partial charge in [-0.3, -0.25) is 14.7 Å². The van der Waals surface area contributed by atoms with Crippen LogP contribution in [0.3, 0.4) is 0 Å². The van der Waals surface area contributed by atoms with Gasteiger partial charge < -0.3 is 15.0 Å². The summed E-state index contributed by atoms with van der Waals surface area (Å²) < 4.78 is 5.59. The van der Waals surface area contributed by atoms with Crippen LogP contribution >= 0.6 is 23.2 Å². The fourth-order valence-electron chi connectivity index (χ4n) is 3.26. The highest BCUT2D eigenvalue weighted by Crippen LogP contribution is 2.22. The minimum atomic E-state index is -0.357. The third-order valence-corrected chi connectivity index (χ3v) is 5.32. The Kier molecular flexibility index (Phi) is 5.71. The molecule has 150 valence electrons. The van der Waals surface area contributed by atoms with Crippen LogP contribution in [0.15, 0.2) is 42.6 Å². The van der Waals surface area contributed by atoms with Gasteiger partial charge in [-0.25, -0.2) is 0 Å². The first-order valence-corrected chi connectivity index (χ1v) is 9.83. The topological polar surface area (TPSA) is 87.3 Å². The van der Waals surface area contributed by atoms with Crippen molar-refractivity contribution in [3.8, 4) is 0 Å². The molecule has 1 atom stereocenters. The fraction of sp³-hybridized carbons (Fsp3) is 0.250. The second-order valence-electron chi connectivity index (χ2n) is 6.79. The maximum Gasteiger partial charge on any atom is 0.255 e. The van der Waals surface area contributed by atoms with Gasteiger partial charge in [0.1, 0.15) is 0 Å². The Morgan fingerprint density at radius 3 is 2.93 bits per heavy atom. The third-order valence-electron chi connectivity index (χ3n) is 4.75. The van der Waals surface area contributed by atoms with Crippen LogP contribution in [-0.2, 0) is 4.74 Å². The lowest BCUT2D eigenvalue weighted by Gasteiger charge is -2.24. The zero-order valence-corrected chi connectivity index (χ0v) is 16.8. The number of H-pyrrole nitrogens is 1. The minimum absolute atomic E-state index is 0.245. The van der Waals surface area contributed by atoms with Crippen molar-refractivity contribution in [2.75, 3.05) is 26.3 Å². The number of nitrogens with one attached hydrogen (secondary N) is 2. The van der Waals surface area contributed by atoms with E-state index < -0.39 is 0 Å². The molecule has 1 fully saturated rings. The van der Waals surface area contributed by atoms with Gasteiger partial charge in [0.25, 0.3) is 11.8 Å². The number of carbonyl (C=O) groups is 2. The molecule has 4 rings (SSSR count). The van der Waals surface area contributed by atoms with E-state index in [9.17, 15) is 9.59 Å². The van der Waals surface area contributed by atoms with Crippen molar-refractivity contribution < 1.29 is 14.3 Å². The van der Waals surface area contributed by atoms with Gasteiger partial charge in [0, 0.05) is 29.1 Å². The number of ether oxygens (including phenoxy) is 1. The first-order chi connectivity index (χ1) is 14.0. The minimum Gasteiger partial charge on any atom is -0.377 e. The molecular weight excluding hydrogens is 415 g/mol. The number of amides is 2. The second-order valence-corrected chi connectivity index (χ2v) is 7.64. The summed E-state index contributed by atoms with van der Waals surface area (Å²) >= 11 is 12.2. The molecule has 0 spiro atoms. The Morgan fingerprint density at radius 2 is 2.07 bits per heavy atom. The average molecular weight is 433 g/mol. The number of aromatic amines is 1. The van der Waals surface area contributed by atoms with E-state index in [0.29, 0.717) is 47.5 Å². The highest BCUT2D eigenvalue weighted by Gasteiger charge is 2.26. The van der Waals surface area contributed by atoms with Gasteiger partial charge in [-0.2, -0.15) is 5.10 Å². The first kappa shape index (κ1) is 19.7. The number of carbonyl (C=O) groups excluding carboxylic acids is 2. The van der Waals surface area contributed by atoms with Crippen LogP contribution in [0.2, 0.25) is 10.0 Å². The molecule has 9 heteroatoms. The number of halogens is 2. The van der Waals surface area contributed by atoms with Gasteiger partial charge in [-0.05, 0) is 30.3 Å². The van der Waals surface area contributed by atoms with Gasteiger partial charge in [0.2, 0.25) is 0 Å². The number of rotatable bonds is 3. The Morgan fingerprint density at radius 1 is 1.21 bits per heavy atom. The molecule has 29 heavy (non-hydrogen) atoms. The van der Waals surface area contributed by atoms with Crippen molar-refractivity contribution in [3.05, 3.63) is 63.8 Å². The molecule has 1 unspecified atom stereocenters. The molecule has 2 heterocycles. The van der Waals surface area contributed by atoms with Gasteiger partial charge in [-0.1, -0.05) is 29.3 Å². The predicted octanol–water partition coefficient (Wildman–Crippen LogP) is 3.14. The fourth-order valence-corrected chi connectivity index (χ4v) is 3.63. The summed E-state index contributed by atoms with van der Waals surface area (Å²) in [6.07, 6.45) is 1.70. The second kappa shape index (κ2) is 8.41. The van der Waals surface area contributed by atoms with Crippen molar-refractivity contribution in [1.82, 2.24) is 20.4 Å². The van der Waals surface area contributed by atoms with Crippen LogP contribution in [0.1, 0.15) is 20.7 Å². The zero-order chi connectivity index (χ0) is 20.4. The van der Waals surface area contributed by atoms with Crippen LogP contribution in [0, 0.1) is 0 Å². The van der Waals surface area contributed by atoms with Crippen molar-refractivity contribution in [3.63, 3.8) is 0 Å². The molecule has 1 saturated heterocycles. The molecule has 0 radical (unpaired) electrons. The molecule has 0 bridgehead atoms. The van der Waals surface area contributed by atoms with Crippen LogP contribution < -0.4 is 5.32 Å². The monoisotopic (exact) mass is 432 g/mol. The van der Waals surface area contributed by atoms with Gasteiger partial charge in [0.15, 0.2) is 0 Å². The maximum absolute atomic E-state index is 12.9. The van der Waals surface area contributed by atoms with E-state index in [2.05, 4.69) is 15.5 Å². The molecular formula is C20H18Cl2N4O3. The van der Waals surface area contributed by atoms with Crippen LogP contribution in [0.5, 0.6) is 0 Å². The Hall–Kier alpha value is -2.61. The smallest absolute Gasteiger partial charge is 0.255 e.